The summed E-state index contributed by atoms with van der Waals surface area (Å²) in [5.41, 5.74) is 0.768. The molecule has 2 aliphatic heterocycles. The van der Waals surface area contributed by atoms with Gasteiger partial charge in [0.2, 0.25) is 5.91 Å². The molecule has 7 heteroatoms. The van der Waals surface area contributed by atoms with Gasteiger partial charge >= 0.3 is 0 Å². The average molecular weight is 380 g/mol. The molecule has 2 saturated heterocycles. The van der Waals surface area contributed by atoms with Gasteiger partial charge in [0.05, 0.1) is 5.41 Å². The van der Waals surface area contributed by atoms with E-state index in [1.165, 1.54) is 14.2 Å². The van der Waals surface area contributed by atoms with E-state index in [-0.39, 0.29) is 5.91 Å². The lowest BCUT2D eigenvalue weighted by Gasteiger charge is -2.39. The zero-order valence-electron chi connectivity index (χ0n) is 15.7. The highest BCUT2D eigenvalue weighted by Crippen LogP contribution is 2.41. The molecule has 0 N–H and O–H groups in total. The molecular weight excluding hydrogens is 350 g/mol. The number of hydrogen-bond acceptors (Lipinski definition) is 3. The summed E-state index contributed by atoms with van der Waals surface area (Å²) < 4.78 is 27.5. The maximum Gasteiger partial charge on any atom is 0.281 e. The molecule has 1 atom stereocenters. The summed E-state index contributed by atoms with van der Waals surface area (Å²) in [6, 6.07) is 10.3. The van der Waals surface area contributed by atoms with E-state index >= 15 is 0 Å². The molecule has 6 nitrogen and oxygen atoms in total. The predicted molar refractivity (Wildman–Crippen MR) is 102 cm³/mol. The molecule has 2 aliphatic rings. The van der Waals surface area contributed by atoms with Crippen LogP contribution in [-0.4, -0.2) is 68.1 Å². The number of likely N-dealkylation sites (tertiary alicyclic amines) is 1. The van der Waals surface area contributed by atoms with Crippen LogP contribution in [0.5, 0.6) is 0 Å². The first-order valence-corrected chi connectivity index (χ1v) is 10.8. The van der Waals surface area contributed by atoms with Crippen molar-refractivity contribution in [1.29, 1.82) is 0 Å². The van der Waals surface area contributed by atoms with Gasteiger partial charge in [-0.15, -0.1) is 0 Å². The molecule has 3 rings (SSSR count). The van der Waals surface area contributed by atoms with Crippen molar-refractivity contribution >= 4 is 16.1 Å². The monoisotopic (exact) mass is 379 g/mol. The second-order valence-corrected chi connectivity index (χ2v) is 9.78. The van der Waals surface area contributed by atoms with Crippen molar-refractivity contribution in [2.24, 2.45) is 5.41 Å². The summed E-state index contributed by atoms with van der Waals surface area (Å²) in [5, 5.41) is 0. The zero-order chi connectivity index (χ0) is 18.8. The maximum absolute atomic E-state index is 13.1. The Morgan fingerprint density at radius 2 is 1.85 bits per heavy atom. The molecule has 2 fully saturated rings. The van der Waals surface area contributed by atoms with Crippen LogP contribution in [0.1, 0.15) is 31.2 Å². The van der Waals surface area contributed by atoms with Crippen LogP contribution in [0.15, 0.2) is 30.3 Å². The van der Waals surface area contributed by atoms with Gasteiger partial charge in [-0.2, -0.15) is 17.0 Å². The smallest absolute Gasteiger partial charge is 0.281 e. The molecule has 1 amide bonds. The highest BCUT2D eigenvalue weighted by molar-refractivity contribution is 7.86. The first-order valence-electron chi connectivity index (χ1n) is 9.36. The lowest BCUT2D eigenvalue weighted by molar-refractivity contribution is -0.145. The molecule has 1 aromatic carbocycles. The van der Waals surface area contributed by atoms with Gasteiger partial charge in [-0.05, 0) is 37.7 Å². The number of carbonyl (C=O) groups is 1. The van der Waals surface area contributed by atoms with Gasteiger partial charge in [0, 0.05) is 40.3 Å². The van der Waals surface area contributed by atoms with Crippen LogP contribution in [-0.2, 0) is 21.4 Å². The minimum atomic E-state index is -3.45. The fourth-order valence-corrected chi connectivity index (χ4v) is 5.32. The van der Waals surface area contributed by atoms with Crippen LogP contribution in [0.2, 0.25) is 0 Å². The predicted octanol–water partition coefficient (Wildman–Crippen LogP) is 1.74. The highest BCUT2D eigenvalue weighted by Gasteiger charge is 2.50. The summed E-state index contributed by atoms with van der Waals surface area (Å²) in [7, 11) is -0.369. The molecule has 1 aromatic rings. The number of nitrogens with zero attached hydrogens (tertiary/aromatic N) is 3. The lowest BCUT2D eigenvalue weighted by Crippen LogP contribution is -2.51. The summed E-state index contributed by atoms with van der Waals surface area (Å²) in [4.78, 5) is 15.1. The first kappa shape index (κ1) is 19.3. The van der Waals surface area contributed by atoms with Gasteiger partial charge in [-0.1, -0.05) is 30.3 Å². The Hall–Kier alpha value is -1.44. The van der Waals surface area contributed by atoms with Gasteiger partial charge in [-0.25, -0.2) is 0 Å². The minimum absolute atomic E-state index is 0.147. The van der Waals surface area contributed by atoms with Crippen molar-refractivity contribution in [1.82, 2.24) is 13.5 Å². The Kier molecular flexibility index (Phi) is 5.69. The van der Waals surface area contributed by atoms with Gasteiger partial charge in [-0.3, -0.25) is 4.79 Å². The molecule has 0 unspecified atom stereocenters. The first-order chi connectivity index (χ1) is 12.3. The Bertz CT molecular complexity index is 736. The van der Waals surface area contributed by atoms with Crippen LogP contribution in [0.3, 0.4) is 0 Å². The van der Waals surface area contributed by atoms with Crippen molar-refractivity contribution < 1.29 is 13.2 Å². The van der Waals surface area contributed by atoms with Crippen LogP contribution in [0, 0.1) is 5.41 Å². The number of benzene rings is 1. The number of rotatable bonds is 6. The van der Waals surface area contributed by atoms with Crippen molar-refractivity contribution in [2.75, 3.05) is 40.3 Å². The molecule has 0 aromatic heterocycles. The molecule has 1 spiro atoms. The number of carbonyl (C=O) groups excluding carboxylic acids is 1. The van der Waals surface area contributed by atoms with E-state index in [0.29, 0.717) is 19.5 Å². The third-order valence-corrected chi connectivity index (χ3v) is 7.55. The highest BCUT2D eigenvalue weighted by atomic mass is 32.2. The van der Waals surface area contributed by atoms with Gasteiger partial charge in [0.25, 0.3) is 10.2 Å². The van der Waals surface area contributed by atoms with E-state index < -0.39 is 15.6 Å². The van der Waals surface area contributed by atoms with Crippen molar-refractivity contribution in [3.63, 3.8) is 0 Å². The Labute approximate surface area is 157 Å². The van der Waals surface area contributed by atoms with Crippen molar-refractivity contribution in [3.8, 4) is 0 Å². The third kappa shape index (κ3) is 3.80. The molecule has 0 aliphatic carbocycles. The number of amides is 1. The molecule has 0 saturated carbocycles. The summed E-state index contributed by atoms with van der Waals surface area (Å²) in [6.07, 6.45) is 4.27. The Morgan fingerprint density at radius 3 is 2.54 bits per heavy atom. The van der Waals surface area contributed by atoms with Crippen LogP contribution >= 0.6 is 0 Å². The summed E-state index contributed by atoms with van der Waals surface area (Å²) in [6.45, 7) is 2.29. The maximum atomic E-state index is 13.1. The Morgan fingerprint density at radius 1 is 1.12 bits per heavy atom. The van der Waals surface area contributed by atoms with E-state index in [9.17, 15) is 13.2 Å². The molecule has 26 heavy (non-hydrogen) atoms. The fraction of sp³-hybridized carbons (Fsp3) is 0.632. The molecule has 144 valence electrons. The standard InChI is InChI=1S/C19H29N3O3S/c1-20(2)26(24,25)22-15-12-19(16-22)11-7-14-21(18(19)23)13-6-10-17-8-4-3-5-9-17/h3-5,8-9H,6-7,10-16H2,1-2H3/t19-/m0/s1. The lowest BCUT2D eigenvalue weighted by atomic mass is 9.78. The molecule has 0 radical (unpaired) electrons. The summed E-state index contributed by atoms with van der Waals surface area (Å²) >= 11 is 0. The normalized spacial score (nSPS) is 24.7. The summed E-state index contributed by atoms with van der Waals surface area (Å²) in [5.74, 6) is 0.147. The minimum Gasteiger partial charge on any atom is -0.342 e. The molecule has 0 bridgehead atoms. The van der Waals surface area contributed by atoms with Gasteiger partial charge < -0.3 is 4.90 Å². The molecule has 2 heterocycles. The van der Waals surface area contributed by atoms with Crippen molar-refractivity contribution in [2.45, 2.75) is 32.1 Å². The van der Waals surface area contributed by atoms with Crippen LogP contribution in [0.25, 0.3) is 0 Å². The van der Waals surface area contributed by atoms with Gasteiger partial charge in [0.15, 0.2) is 0 Å². The van der Waals surface area contributed by atoms with E-state index in [2.05, 4.69) is 12.1 Å². The number of aryl methyl sites for hydroxylation is 1. The topological polar surface area (TPSA) is 60.9 Å². The number of piperidine rings is 1. The van der Waals surface area contributed by atoms with E-state index in [4.69, 9.17) is 0 Å². The second-order valence-electron chi connectivity index (χ2n) is 7.64. The molecular formula is C19H29N3O3S. The van der Waals surface area contributed by atoms with Gasteiger partial charge in [0.1, 0.15) is 0 Å². The average Bonchev–Trinajstić information content (AvgIpc) is 3.05. The number of hydrogen-bond donors (Lipinski definition) is 0. The van der Waals surface area contributed by atoms with E-state index in [0.717, 1.165) is 38.8 Å². The van der Waals surface area contributed by atoms with E-state index in [1.807, 2.05) is 23.1 Å². The van der Waals surface area contributed by atoms with Crippen LogP contribution in [0.4, 0.5) is 0 Å². The van der Waals surface area contributed by atoms with Crippen molar-refractivity contribution in [3.05, 3.63) is 35.9 Å². The largest absolute Gasteiger partial charge is 0.342 e. The third-order valence-electron chi connectivity index (χ3n) is 5.67. The quantitative estimate of drug-likeness (QED) is 0.756. The van der Waals surface area contributed by atoms with E-state index in [1.54, 1.807) is 14.1 Å². The van der Waals surface area contributed by atoms with Crippen LogP contribution < -0.4 is 0 Å². The Balaban J connectivity index is 1.61. The second kappa shape index (κ2) is 7.66. The SMILES string of the molecule is CN(C)S(=O)(=O)N1CC[C@@]2(CCCN(CCCc3ccccc3)C2=O)C1. The zero-order valence-corrected chi connectivity index (χ0v) is 16.5. The fourth-order valence-electron chi connectivity index (χ4n) is 4.13.